The predicted molar refractivity (Wildman–Crippen MR) is 141 cm³/mol. The van der Waals surface area contributed by atoms with Gasteiger partial charge in [-0.25, -0.2) is 18.0 Å². The van der Waals surface area contributed by atoms with Crippen molar-refractivity contribution in [2.75, 3.05) is 19.1 Å². The molecule has 0 spiro atoms. The van der Waals surface area contributed by atoms with Crippen molar-refractivity contribution >= 4 is 22.5 Å². The second-order valence-corrected chi connectivity index (χ2v) is 11.0. The summed E-state index contributed by atoms with van der Waals surface area (Å²) in [7, 11) is 1.33. The lowest BCUT2D eigenvalue weighted by Crippen LogP contribution is -2.28. The highest BCUT2D eigenvalue weighted by atomic mass is 32.2. The summed E-state index contributed by atoms with van der Waals surface area (Å²) in [6.07, 6.45) is -1.37. The minimum absolute atomic E-state index is 0.145. The number of hydrogen-bond donors (Lipinski definition) is 0. The number of methoxy groups -OCH3 is 2. The zero-order valence-corrected chi connectivity index (χ0v) is 21.9. The van der Waals surface area contributed by atoms with Gasteiger partial charge < -0.3 is 14.4 Å². The third-order valence-electron chi connectivity index (χ3n) is 5.34. The molecule has 0 bridgehead atoms. The number of hydrogen-bond acceptors (Lipinski definition) is 5. The van der Waals surface area contributed by atoms with Gasteiger partial charge in [-0.15, -0.1) is 0 Å². The van der Waals surface area contributed by atoms with E-state index in [1.54, 1.807) is 53.3 Å². The van der Waals surface area contributed by atoms with Crippen LogP contribution >= 0.6 is 0 Å². The van der Waals surface area contributed by atoms with Crippen LogP contribution < -0.4 is 14.4 Å². The maximum Gasteiger partial charge on any atom is 0.281 e. The number of ether oxygens (including phenoxy) is 2. The molecule has 0 N–H and O–H groups in total. The maximum atomic E-state index is 14.3. The molecule has 1 heterocycles. The van der Waals surface area contributed by atoms with E-state index >= 15 is 0 Å². The Hall–Kier alpha value is -3.33. The molecule has 2 aromatic carbocycles. The van der Waals surface area contributed by atoms with Crippen LogP contribution in [0.4, 0.5) is 14.6 Å². The molecule has 0 unspecified atom stereocenters. The lowest BCUT2D eigenvalue weighted by atomic mass is 10.1. The second kappa shape index (κ2) is 12.1. The monoisotopic (exact) mass is 515 g/mol. The van der Waals surface area contributed by atoms with E-state index in [2.05, 4.69) is 9.38 Å². The molecular formula is C27H31F2N3O3S. The molecule has 1 atom stereocenters. The molecule has 0 amide bonds. The minimum atomic E-state index is -2.93. The molecule has 0 aliphatic carbocycles. The number of aromatic nitrogens is 1. The molecule has 0 radical (unpaired) electrons. The molecule has 3 rings (SSSR count). The third kappa shape index (κ3) is 7.10. The van der Waals surface area contributed by atoms with Crippen molar-refractivity contribution in [2.45, 2.75) is 45.0 Å². The Bertz CT molecular complexity index is 1140. The summed E-state index contributed by atoms with van der Waals surface area (Å²) in [6, 6.07) is 18.2. The average molecular weight is 516 g/mol. The molecule has 3 aromatic rings. The molecule has 36 heavy (non-hydrogen) atoms. The van der Waals surface area contributed by atoms with Crippen LogP contribution in [0.3, 0.4) is 0 Å². The zero-order valence-electron chi connectivity index (χ0n) is 21.1. The Balaban J connectivity index is 2.08. The molecule has 192 valence electrons. The van der Waals surface area contributed by atoms with Crippen molar-refractivity contribution in [2.24, 2.45) is 4.40 Å². The van der Waals surface area contributed by atoms with Gasteiger partial charge in [0, 0.05) is 24.8 Å². The molecule has 6 nitrogen and oxygen atoms in total. The number of alkyl halides is 2. The summed E-state index contributed by atoms with van der Waals surface area (Å²) in [5.41, 5.74) is 1.48. The first kappa shape index (κ1) is 27.3. The Kier molecular flexibility index (Phi) is 9.14. The maximum absolute atomic E-state index is 14.3. The quantitative estimate of drug-likeness (QED) is 0.318. The normalized spacial score (nSPS) is 12.9. The van der Waals surface area contributed by atoms with Gasteiger partial charge in [0.25, 0.3) is 6.43 Å². The van der Waals surface area contributed by atoms with Gasteiger partial charge in [-0.2, -0.15) is 4.40 Å². The van der Waals surface area contributed by atoms with Crippen LogP contribution in [0.5, 0.6) is 11.5 Å². The molecule has 0 fully saturated rings. The number of pyridine rings is 1. The lowest BCUT2D eigenvalue weighted by Gasteiger charge is -2.27. The fourth-order valence-electron chi connectivity index (χ4n) is 3.39. The molecule has 0 aliphatic rings. The van der Waals surface area contributed by atoms with Gasteiger partial charge >= 0.3 is 0 Å². The van der Waals surface area contributed by atoms with Gasteiger partial charge in [-0.05, 0) is 68.3 Å². The Morgan fingerprint density at radius 1 is 0.944 bits per heavy atom. The van der Waals surface area contributed by atoms with Crippen LogP contribution in [0.25, 0.3) is 0 Å². The van der Waals surface area contributed by atoms with Crippen molar-refractivity contribution in [3.05, 3.63) is 83.6 Å². The largest absolute Gasteiger partial charge is 0.497 e. The number of benzene rings is 2. The van der Waals surface area contributed by atoms with Gasteiger partial charge in [-0.1, -0.05) is 24.3 Å². The molecule has 9 heteroatoms. The van der Waals surface area contributed by atoms with Crippen LogP contribution in [-0.2, 0) is 24.1 Å². The Labute approximate surface area is 213 Å². The smallest absolute Gasteiger partial charge is 0.281 e. The summed E-state index contributed by atoms with van der Waals surface area (Å²) in [6.45, 7) is 5.86. The van der Waals surface area contributed by atoms with Crippen LogP contribution in [0.1, 0.15) is 37.5 Å². The highest BCUT2D eigenvalue weighted by Gasteiger charge is 2.27. The van der Waals surface area contributed by atoms with Crippen molar-refractivity contribution in [3.8, 4) is 11.5 Å². The first-order chi connectivity index (χ1) is 17.1. The summed E-state index contributed by atoms with van der Waals surface area (Å²) >= 11 is 0. The van der Waals surface area contributed by atoms with Crippen LogP contribution in [0.15, 0.2) is 71.3 Å². The SMILES string of the molecule is COc1ccc(CN(Cc2ccc(OC)cc2)c2ncccc2/C(=N/[S@@](=O)C(C)(C)C)C(F)F)cc1. The van der Waals surface area contributed by atoms with Gasteiger partial charge in [0.1, 0.15) is 34.0 Å². The van der Waals surface area contributed by atoms with Gasteiger partial charge in [0.05, 0.1) is 19.0 Å². The summed E-state index contributed by atoms with van der Waals surface area (Å²) in [5.74, 6) is 1.76. The van der Waals surface area contributed by atoms with Gasteiger partial charge in [-0.3, -0.25) is 0 Å². The first-order valence-electron chi connectivity index (χ1n) is 11.4. The average Bonchev–Trinajstić information content (AvgIpc) is 2.87. The second-order valence-electron chi connectivity index (χ2n) is 9.07. The third-order valence-corrected chi connectivity index (χ3v) is 6.75. The lowest BCUT2D eigenvalue weighted by molar-refractivity contribution is 0.226. The zero-order chi connectivity index (χ0) is 26.3. The van der Waals surface area contributed by atoms with Crippen LogP contribution in [0.2, 0.25) is 0 Å². The predicted octanol–water partition coefficient (Wildman–Crippen LogP) is 5.82. The van der Waals surface area contributed by atoms with Gasteiger partial charge in [0.15, 0.2) is 0 Å². The molecule has 0 aliphatic heterocycles. The van der Waals surface area contributed by atoms with E-state index in [1.165, 1.54) is 0 Å². The number of nitrogens with zero attached hydrogens (tertiary/aromatic N) is 3. The Morgan fingerprint density at radius 2 is 1.44 bits per heavy atom. The fourth-order valence-corrected chi connectivity index (χ4v) is 4.02. The number of rotatable bonds is 10. The van der Waals surface area contributed by atoms with Crippen molar-refractivity contribution in [1.82, 2.24) is 4.98 Å². The van der Waals surface area contributed by atoms with E-state index in [0.29, 0.717) is 18.9 Å². The first-order valence-corrected chi connectivity index (χ1v) is 12.5. The van der Waals surface area contributed by atoms with Crippen LogP contribution in [0, 0.1) is 0 Å². The minimum Gasteiger partial charge on any atom is -0.497 e. The van der Waals surface area contributed by atoms with E-state index in [9.17, 15) is 13.0 Å². The van der Waals surface area contributed by atoms with E-state index in [0.717, 1.165) is 22.6 Å². The van der Waals surface area contributed by atoms with E-state index in [-0.39, 0.29) is 5.56 Å². The number of halogens is 2. The molecule has 0 saturated heterocycles. The van der Waals surface area contributed by atoms with Crippen molar-refractivity contribution < 1.29 is 22.5 Å². The van der Waals surface area contributed by atoms with E-state index < -0.39 is 27.9 Å². The number of anilines is 1. The molecule has 1 aromatic heterocycles. The summed E-state index contributed by atoms with van der Waals surface area (Å²) in [4.78, 5) is 6.37. The van der Waals surface area contributed by atoms with E-state index in [1.807, 2.05) is 53.4 Å². The highest BCUT2D eigenvalue weighted by Crippen LogP contribution is 2.27. The topological polar surface area (TPSA) is 64.0 Å². The van der Waals surface area contributed by atoms with Crippen LogP contribution in [-0.4, -0.2) is 40.3 Å². The van der Waals surface area contributed by atoms with Crippen molar-refractivity contribution in [1.29, 1.82) is 0 Å². The molecule has 0 saturated carbocycles. The summed E-state index contributed by atoms with van der Waals surface area (Å²) in [5, 5.41) is 0. The summed E-state index contributed by atoms with van der Waals surface area (Å²) < 4.78 is 54.9. The van der Waals surface area contributed by atoms with Gasteiger partial charge in [0.2, 0.25) is 0 Å². The Morgan fingerprint density at radius 3 is 1.86 bits per heavy atom. The van der Waals surface area contributed by atoms with Crippen molar-refractivity contribution in [3.63, 3.8) is 0 Å². The van der Waals surface area contributed by atoms with E-state index in [4.69, 9.17) is 9.47 Å². The highest BCUT2D eigenvalue weighted by molar-refractivity contribution is 7.85. The molecular weight excluding hydrogens is 484 g/mol. The standard InChI is InChI=1S/C27H31F2N3O3S/c1-27(2,3)36(33)31-24(25(28)29)23-7-6-16-30-26(23)32(17-19-8-12-21(34-4)13-9-19)18-20-10-14-22(35-5)15-11-20/h6-16,25H,17-18H2,1-5H3/b31-24-/t36-/m0/s1. The fraction of sp³-hybridized carbons (Fsp3) is 0.333.